The zero-order valence-corrected chi connectivity index (χ0v) is 12.3. The highest BCUT2D eigenvalue weighted by atomic mass is 19.4. The van der Waals surface area contributed by atoms with E-state index in [1.807, 2.05) is 0 Å². The molecule has 1 unspecified atom stereocenters. The minimum Gasteiger partial charge on any atom is -0.466 e. The quantitative estimate of drug-likeness (QED) is 0.758. The van der Waals surface area contributed by atoms with Crippen LogP contribution >= 0.6 is 0 Å². The second kappa shape index (κ2) is 8.14. The van der Waals surface area contributed by atoms with Crippen LogP contribution in [0.3, 0.4) is 0 Å². The van der Waals surface area contributed by atoms with Gasteiger partial charge in [0.15, 0.2) is 0 Å². The van der Waals surface area contributed by atoms with Crippen molar-refractivity contribution < 1.29 is 27.8 Å². The molecule has 124 valence electrons. The molecule has 22 heavy (non-hydrogen) atoms. The Morgan fingerprint density at radius 2 is 1.82 bits per heavy atom. The maximum absolute atomic E-state index is 12.4. The van der Waals surface area contributed by atoms with Gasteiger partial charge < -0.3 is 15.6 Å². The van der Waals surface area contributed by atoms with Crippen LogP contribution in [0.15, 0.2) is 24.3 Å². The number of halogens is 3. The molecule has 3 N–H and O–H groups in total. The third kappa shape index (κ3) is 5.65. The summed E-state index contributed by atoms with van der Waals surface area (Å²) in [4.78, 5) is 11.9. The number of carbonyl (C=O) groups excluding carboxylic acids is 1. The van der Waals surface area contributed by atoms with Crippen LogP contribution in [0.25, 0.3) is 0 Å². The summed E-state index contributed by atoms with van der Waals surface area (Å²) in [6, 6.07) is 5.71. The second-order valence-corrected chi connectivity index (χ2v) is 4.91. The lowest BCUT2D eigenvalue weighted by atomic mass is 9.92. The Labute approximate surface area is 127 Å². The Hall–Kier alpha value is -1.60. The van der Waals surface area contributed by atoms with E-state index < -0.39 is 30.5 Å². The molecule has 0 aromatic heterocycles. The molecule has 0 saturated heterocycles. The monoisotopic (exact) mass is 319 g/mol. The van der Waals surface area contributed by atoms with Gasteiger partial charge >= 0.3 is 12.1 Å². The number of alkyl halides is 3. The van der Waals surface area contributed by atoms with Crippen LogP contribution in [-0.2, 0) is 9.53 Å². The lowest BCUT2D eigenvalue weighted by Gasteiger charge is -2.18. The first-order valence-electron chi connectivity index (χ1n) is 6.98. The number of esters is 1. The van der Waals surface area contributed by atoms with E-state index in [4.69, 9.17) is 15.6 Å². The highest BCUT2D eigenvalue weighted by Gasteiger charge is 2.31. The van der Waals surface area contributed by atoms with Crippen LogP contribution in [0.2, 0.25) is 0 Å². The Morgan fingerprint density at radius 1 is 1.27 bits per heavy atom. The predicted molar refractivity (Wildman–Crippen MR) is 75.1 cm³/mol. The van der Waals surface area contributed by atoms with Gasteiger partial charge in [0.25, 0.3) is 0 Å². The number of hydrogen-bond donors (Lipinski definition) is 2. The molecule has 1 aromatic carbocycles. The van der Waals surface area contributed by atoms with Crippen molar-refractivity contribution in [2.24, 2.45) is 5.73 Å². The third-order valence-corrected chi connectivity index (χ3v) is 3.25. The molecule has 1 aromatic rings. The van der Waals surface area contributed by atoms with Gasteiger partial charge in [-0.2, -0.15) is 13.2 Å². The van der Waals surface area contributed by atoms with Gasteiger partial charge in [0.1, 0.15) is 0 Å². The van der Waals surface area contributed by atoms with E-state index in [-0.39, 0.29) is 19.6 Å². The maximum atomic E-state index is 12.4. The van der Waals surface area contributed by atoms with E-state index in [2.05, 4.69) is 0 Å². The predicted octanol–water partition coefficient (Wildman–Crippen LogP) is 2.67. The first-order valence-corrected chi connectivity index (χ1v) is 6.98. The van der Waals surface area contributed by atoms with Gasteiger partial charge in [-0.15, -0.1) is 0 Å². The van der Waals surface area contributed by atoms with E-state index in [1.165, 1.54) is 0 Å². The minimum absolute atomic E-state index is 0.106. The Bertz CT molecular complexity index is 474. The second-order valence-electron chi connectivity index (χ2n) is 4.91. The first kappa shape index (κ1) is 18.4. The van der Waals surface area contributed by atoms with Crippen molar-refractivity contribution in [3.8, 4) is 0 Å². The Balaban J connectivity index is 2.92. The largest absolute Gasteiger partial charge is 0.466 e. The van der Waals surface area contributed by atoms with Crippen molar-refractivity contribution in [2.75, 3.05) is 13.2 Å². The maximum Gasteiger partial charge on any atom is 0.389 e. The van der Waals surface area contributed by atoms with Crippen LogP contribution in [0.1, 0.15) is 42.9 Å². The van der Waals surface area contributed by atoms with Crippen molar-refractivity contribution >= 4 is 5.97 Å². The molecule has 0 fully saturated rings. The summed E-state index contributed by atoms with van der Waals surface area (Å²) in [5.74, 6) is -1.65. The van der Waals surface area contributed by atoms with Crippen LogP contribution in [0.5, 0.6) is 0 Å². The lowest BCUT2D eigenvalue weighted by Crippen LogP contribution is -2.19. The molecule has 0 saturated carbocycles. The van der Waals surface area contributed by atoms with E-state index in [9.17, 15) is 18.0 Å². The van der Waals surface area contributed by atoms with E-state index in [0.29, 0.717) is 11.1 Å². The standard InChI is InChI=1S/C15H20F3NO3/c1-2-22-14(21)12(7-8-15(16,17)18)10-3-5-11(6-4-10)13(19)9-20/h3-6,12-13,20H,2,7-9,19H2,1H3/t12?,13-/m1/s1. The van der Waals surface area contributed by atoms with E-state index in [1.54, 1.807) is 31.2 Å². The number of aliphatic hydroxyl groups is 1. The van der Waals surface area contributed by atoms with Crippen molar-refractivity contribution in [1.82, 2.24) is 0 Å². The number of rotatable bonds is 7. The van der Waals surface area contributed by atoms with E-state index in [0.717, 1.165) is 0 Å². The summed E-state index contributed by atoms with van der Waals surface area (Å²) >= 11 is 0. The minimum atomic E-state index is -4.33. The number of ether oxygens (including phenoxy) is 1. The summed E-state index contributed by atoms with van der Waals surface area (Å²) in [7, 11) is 0. The van der Waals surface area contributed by atoms with Gasteiger partial charge in [-0.1, -0.05) is 24.3 Å². The fourth-order valence-corrected chi connectivity index (χ4v) is 2.05. The summed E-state index contributed by atoms with van der Waals surface area (Å²) in [5.41, 5.74) is 6.74. The Morgan fingerprint density at radius 3 is 2.27 bits per heavy atom. The van der Waals surface area contributed by atoms with Gasteiger partial charge in [-0.05, 0) is 24.5 Å². The topological polar surface area (TPSA) is 72.5 Å². The fourth-order valence-electron chi connectivity index (χ4n) is 2.05. The first-order chi connectivity index (χ1) is 10.3. The molecule has 0 heterocycles. The number of nitrogens with two attached hydrogens (primary N) is 1. The zero-order chi connectivity index (χ0) is 16.8. The average molecular weight is 319 g/mol. The highest BCUT2D eigenvalue weighted by molar-refractivity contribution is 5.78. The number of hydrogen-bond acceptors (Lipinski definition) is 4. The van der Waals surface area contributed by atoms with Crippen molar-refractivity contribution in [2.45, 2.75) is 37.9 Å². The van der Waals surface area contributed by atoms with Crippen molar-refractivity contribution in [1.29, 1.82) is 0 Å². The van der Waals surface area contributed by atoms with Gasteiger partial charge in [0.2, 0.25) is 0 Å². The number of aliphatic hydroxyl groups excluding tert-OH is 1. The third-order valence-electron chi connectivity index (χ3n) is 3.25. The van der Waals surface area contributed by atoms with Gasteiger partial charge in [-0.3, -0.25) is 4.79 Å². The van der Waals surface area contributed by atoms with Crippen LogP contribution < -0.4 is 5.73 Å². The normalized spacial score (nSPS) is 14.5. The SMILES string of the molecule is CCOC(=O)C(CCC(F)(F)F)c1ccc([C@H](N)CO)cc1. The molecule has 0 aliphatic heterocycles. The molecular formula is C15H20F3NO3. The summed E-state index contributed by atoms with van der Waals surface area (Å²) in [6.07, 6.45) is -5.76. The van der Waals surface area contributed by atoms with Crippen LogP contribution in [0, 0.1) is 0 Å². The van der Waals surface area contributed by atoms with Crippen LogP contribution in [0.4, 0.5) is 13.2 Å². The molecule has 0 aliphatic carbocycles. The molecule has 0 aliphatic rings. The van der Waals surface area contributed by atoms with Gasteiger partial charge in [0.05, 0.1) is 25.2 Å². The van der Waals surface area contributed by atoms with Gasteiger partial charge in [0, 0.05) is 6.42 Å². The molecule has 4 nitrogen and oxygen atoms in total. The number of carbonyl (C=O) groups is 1. The summed E-state index contributed by atoms with van der Waals surface area (Å²) in [6.45, 7) is 1.46. The van der Waals surface area contributed by atoms with E-state index >= 15 is 0 Å². The molecule has 1 rings (SSSR count). The molecule has 0 amide bonds. The van der Waals surface area contributed by atoms with Crippen molar-refractivity contribution in [3.05, 3.63) is 35.4 Å². The summed E-state index contributed by atoms with van der Waals surface area (Å²) < 4.78 is 42.1. The fraction of sp³-hybridized carbons (Fsp3) is 0.533. The Kier molecular flexibility index (Phi) is 6.83. The van der Waals surface area contributed by atoms with Crippen LogP contribution in [-0.4, -0.2) is 30.5 Å². The average Bonchev–Trinajstić information content (AvgIpc) is 2.46. The molecule has 2 atom stereocenters. The highest BCUT2D eigenvalue weighted by Crippen LogP contribution is 2.30. The molecule has 0 bridgehead atoms. The molecular weight excluding hydrogens is 299 g/mol. The number of benzene rings is 1. The van der Waals surface area contributed by atoms with Gasteiger partial charge in [-0.25, -0.2) is 0 Å². The smallest absolute Gasteiger partial charge is 0.389 e. The van der Waals surface area contributed by atoms with Crippen molar-refractivity contribution in [3.63, 3.8) is 0 Å². The molecule has 0 spiro atoms. The lowest BCUT2D eigenvalue weighted by molar-refractivity contribution is -0.149. The molecule has 0 radical (unpaired) electrons. The molecule has 7 heteroatoms. The zero-order valence-electron chi connectivity index (χ0n) is 12.3. The summed E-state index contributed by atoms with van der Waals surface area (Å²) in [5, 5.41) is 8.97.